The number of anilines is 1. The SMILES string of the molecule is CCn1nc(C)c([N+](=O)[O-])c1NCC1CCCC1. The monoisotopic (exact) mass is 252 g/mol. The largest absolute Gasteiger partial charge is 0.364 e. The van der Waals surface area contributed by atoms with Gasteiger partial charge in [-0.2, -0.15) is 5.10 Å². The highest BCUT2D eigenvalue weighted by molar-refractivity contribution is 5.59. The van der Waals surface area contributed by atoms with E-state index < -0.39 is 0 Å². The third-order valence-electron chi connectivity index (χ3n) is 3.61. The summed E-state index contributed by atoms with van der Waals surface area (Å²) in [6, 6.07) is 0. The van der Waals surface area contributed by atoms with Gasteiger partial charge < -0.3 is 5.32 Å². The maximum atomic E-state index is 11.1. The normalized spacial score (nSPS) is 16.1. The summed E-state index contributed by atoms with van der Waals surface area (Å²) in [5.41, 5.74) is 0.602. The smallest absolute Gasteiger partial charge is 0.333 e. The van der Waals surface area contributed by atoms with E-state index in [9.17, 15) is 10.1 Å². The van der Waals surface area contributed by atoms with Gasteiger partial charge in [0.05, 0.1) is 4.92 Å². The summed E-state index contributed by atoms with van der Waals surface area (Å²) in [5, 5.41) is 18.5. The number of aromatic nitrogens is 2. The first-order valence-electron chi connectivity index (χ1n) is 6.59. The van der Waals surface area contributed by atoms with Crippen LogP contribution in [0.4, 0.5) is 11.5 Å². The van der Waals surface area contributed by atoms with Gasteiger partial charge in [-0.1, -0.05) is 12.8 Å². The molecule has 0 radical (unpaired) electrons. The van der Waals surface area contributed by atoms with Gasteiger partial charge in [0.1, 0.15) is 5.69 Å². The molecule has 1 saturated carbocycles. The van der Waals surface area contributed by atoms with Gasteiger partial charge in [0.2, 0.25) is 5.82 Å². The average Bonchev–Trinajstić information content (AvgIpc) is 2.92. The predicted molar refractivity (Wildman–Crippen MR) is 69.7 cm³/mol. The molecule has 0 atom stereocenters. The molecule has 0 aromatic carbocycles. The van der Waals surface area contributed by atoms with E-state index in [1.54, 1.807) is 11.6 Å². The van der Waals surface area contributed by atoms with Crippen molar-refractivity contribution in [1.29, 1.82) is 0 Å². The molecule has 1 fully saturated rings. The average molecular weight is 252 g/mol. The molecule has 6 nitrogen and oxygen atoms in total. The summed E-state index contributed by atoms with van der Waals surface area (Å²) < 4.78 is 1.68. The van der Waals surface area contributed by atoms with E-state index in [4.69, 9.17) is 0 Å². The number of nitrogens with zero attached hydrogens (tertiary/aromatic N) is 3. The molecule has 0 saturated heterocycles. The molecular formula is C12H20N4O2. The summed E-state index contributed by atoms with van der Waals surface area (Å²) >= 11 is 0. The minimum Gasteiger partial charge on any atom is -0.364 e. The van der Waals surface area contributed by atoms with Gasteiger partial charge in [-0.15, -0.1) is 0 Å². The van der Waals surface area contributed by atoms with E-state index >= 15 is 0 Å². The van der Waals surface area contributed by atoms with Crippen LogP contribution in [-0.4, -0.2) is 21.2 Å². The molecule has 2 rings (SSSR count). The first-order valence-corrected chi connectivity index (χ1v) is 6.59. The number of nitro groups is 1. The van der Waals surface area contributed by atoms with Gasteiger partial charge >= 0.3 is 5.69 Å². The van der Waals surface area contributed by atoms with Crippen molar-refractivity contribution in [3.63, 3.8) is 0 Å². The quantitative estimate of drug-likeness (QED) is 0.646. The van der Waals surface area contributed by atoms with Crippen LogP contribution in [-0.2, 0) is 6.54 Å². The Hall–Kier alpha value is -1.59. The third-order valence-corrected chi connectivity index (χ3v) is 3.61. The number of hydrogen-bond donors (Lipinski definition) is 1. The highest BCUT2D eigenvalue weighted by atomic mass is 16.6. The lowest BCUT2D eigenvalue weighted by Crippen LogP contribution is -2.15. The van der Waals surface area contributed by atoms with Crippen molar-refractivity contribution < 1.29 is 4.92 Å². The summed E-state index contributed by atoms with van der Waals surface area (Å²) in [6.07, 6.45) is 5.00. The van der Waals surface area contributed by atoms with Crippen LogP contribution in [0.2, 0.25) is 0 Å². The molecule has 0 aliphatic heterocycles. The zero-order chi connectivity index (χ0) is 13.1. The molecule has 0 amide bonds. The van der Waals surface area contributed by atoms with Gasteiger partial charge in [0, 0.05) is 13.1 Å². The Bertz CT molecular complexity index is 436. The molecule has 6 heteroatoms. The zero-order valence-corrected chi connectivity index (χ0v) is 11.0. The number of rotatable bonds is 5. The Balaban J connectivity index is 2.15. The second-order valence-corrected chi connectivity index (χ2v) is 4.89. The first kappa shape index (κ1) is 12.9. The van der Waals surface area contributed by atoms with Crippen molar-refractivity contribution in [1.82, 2.24) is 9.78 Å². The Morgan fingerprint density at radius 1 is 1.50 bits per heavy atom. The highest BCUT2D eigenvalue weighted by Crippen LogP contribution is 2.30. The minimum absolute atomic E-state index is 0.120. The van der Waals surface area contributed by atoms with Gasteiger partial charge in [-0.25, -0.2) is 4.68 Å². The lowest BCUT2D eigenvalue weighted by molar-refractivity contribution is -0.384. The highest BCUT2D eigenvalue weighted by Gasteiger charge is 2.25. The third kappa shape index (κ3) is 2.47. The minimum atomic E-state index is -0.342. The molecule has 1 aliphatic rings. The Morgan fingerprint density at radius 3 is 2.72 bits per heavy atom. The van der Waals surface area contributed by atoms with Gasteiger partial charge in [-0.3, -0.25) is 10.1 Å². The molecule has 100 valence electrons. The van der Waals surface area contributed by atoms with Crippen LogP contribution < -0.4 is 5.32 Å². The Kier molecular flexibility index (Phi) is 3.84. The van der Waals surface area contributed by atoms with Crippen LogP contribution in [0, 0.1) is 23.0 Å². The summed E-state index contributed by atoms with van der Waals surface area (Å²) in [4.78, 5) is 10.7. The van der Waals surface area contributed by atoms with Crippen LogP contribution in [0.25, 0.3) is 0 Å². The van der Waals surface area contributed by atoms with E-state index in [-0.39, 0.29) is 10.6 Å². The summed E-state index contributed by atoms with van der Waals surface area (Å²) in [7, 11) is 0. The van der Waals surface area contributed by atoms with Gasteiger partial charge in [0.15, 0.2) is 0 Å². The van der Waals surface area contributed by atoms with Crippen molar-refractivity contribution in [2.45, 2.75) is 46.1 Å². The van der Waals surface area contributed by atoms with Crippen molar-refractivity contribution in [2.24, 2.45) is 5.92 Å². The summed E-state index contributed by atoms with van der Waals surface area (Å²) in [5.74, 6) is 1.21. The van der Waals surface area contributed by atoms with Crippen LogP contribution in [0.3, 0.4) is 0 Å². The van der Waals surface area contributed by atoms with E-state index in [2.05, 4.69) is 10.4 Å². The molecule has 18 heavy (non-hydrogen) atoms. The van der Waals surface area contributed by atoms with Crippen LogP contribution in [0.1, 0.15) is 38.3 Å². The Morgan fingerprint density at radius 2 is 2.17 bits per heavy atom. The standard InChI is InChI=1S/C12H20N4O2/c1-3-15-12(11(16(17)18)9(2)14-15)13-8-10-6-4-5-7-10/h10,13H,3-8H2,1-2H3. The fourth-order valence-corrected chi connectivity index (χ4v) is 2.65. The van der Waals surface area contributed by atoms with Crippen LogP contribution in [0.5, 0.6) is 0 Å². The van der Waals surface area contributed by atoms with Crippen molar-refractivity contribution >= 4 is 11.5 Å². The number of aryl methyl sites for hydroxylation is 2. The molecule has 1 heterocycles. The van der Waals surface area contributed by atoms with Crippen molar-refractivity contribution in [2.75, 3.05) is 11.9 Å². The molecular weight excluding hydrogens is 232 g/mol. The second kappa shape index (κ2) is 5.37. The maximum absolute atomic E-state index is 11.1. The number of hydrogen-bond acceptors (Lipinski definition) is 4. The first-order chi connectivity index (χ1) is 8.63. The van der Waals surface area contributed by atoms with E-state index in [1.165, 1.54) is 25.7 Å². The molecule has 0 spiro atoms. The number of nitrogens with one attached hydrogen (secondary N) is 1. The molecule has 0 bridgehead atoms. The molecule has 1 aromatic heterocycles. The van der Waals surface area contributed by atoms with E-state index in [0.29, 0.717) is 24.0 Å². The van der Waals surface area contributed by atoms with Crippen molar-refractivity contribution in [3.05, 3.63) is 15.8 Å². The second-order valence-electron chi connectivity index (χ2n) is 4.89. The zero-order valence-electron chi connectivity index (χ0n) is 11.0. The van der Waals surface area contributed by atoms with Gasteiger partial charge in [0.25, 0.3) is 0 Å². The predicted octanol–water partition coefficient (Wildman–Crippen LogP) is 2.72. The lowest BCUT2D eigenvalue weighted by atomic mass is 10.1. The lowest BCUT2D eigenvalue weighted by Gasteiger charge is -2.12. The fraction of sp³-hybridized carbons (Fsp3) is 0.750. The van der Waals surface area contributed by atoms with Crippen LogP contribution >= 0.6 is 0 Å². The topological polar surface area (TPSA) is 73.0 Å². The van der Waals surface area contributed by atoms with E-state index in [0.717, 1.165) is 6.54 Å². The van der Waals surface area contributed by atoms with Gasteiger partial charge in [-0.05, 0) is 32.6 Å². The molecule has 1 N–H and O–H groups in total. The Labute approximate surface area is 107 Å². The van der Waals surface area contributed by atoms with E-state index in [1.807, 2.05) is 6.92 Å². The molecule has 0 unspecified atom stereocenters. The fourth-order valence-electron chi connectivity index (χ4n) is 2.65. The summed E-state index contributed by atoms with van der Waals surface area (Å²) in [6.45, 7) is 5.08. The van der Waals surface area contributed by atoms with Crippen molar-refractivity contribution in [3.8, 4) is 0 Å². The molecule has 1 aromatic rings. The van der Waals surface area contributed by atoms with Crippen LogP contribution in [0.15, 0.2) is 0 Å². The molecule has 1 aliphatic carbocycles. The maximum Gasteiger partial charge on any atom is 0.333 e.